The van der Waals surface area contributed by atoms with Crippen molar-refractivity contribution in [1.82, 2.24) is 0 Å². The highest BCUT2D eigenvalue weighted by Gasteiger charge is 2.23. The summed E-state index contributed by atoms with van der Waals surface area (Å²) in [5, 5.41) is 11.0. The van der Waals surface area contributed by atoms with Crippen molar-refractivity contribution < 1.29 is 13.3 Å². The lowest BCUT2D eigenvalue weighted by Crippen LogP contribution is -2.18. The summed E-state index contributed by atoms with van der Waals surface area (Å²) >= 11 is 5.90. The topological polar surface area (TPSA) is 127 Å². The number of nitrogen functional groups attached to an aromatic ring is 1. The van der Waals surface area contributed by atoms with Crippen LogP contribution in [0.25, 0.3) is 0 Å². The first kappa shape index (κ1) is 16.0. The normalized spacial score (nSPS) is 11.0. The molecular weight excluding hydrogens is 332 g/mol. The third kappa shape index (κ3) is 3.27. The molecule has 2 aromatic rings. The second-order valence-corrected chi connectivity index (χ2v) is 6.23. The summed E-state index contributed by atoms with van der Waals surface area (Å²) in [7, 11) is -4.12. The van der Waals surface area contributed by atoms with E-state index in [9.17, 15) is 18.5 Å². The van der Waals surface area contributed by atoms with Crippen LogP contribution in [-0.4, -0.2) is 13.3 Å². The first-order valence-electron chi connectivity index (χ1n) is 5.87. The Balaban J connectivity index is 2.51. The second-order valence-electron chi connectivity index (χ2n) is 4.17. The average Bonchev–Trinajstić information content (AvgIpc) is 2.48. The maximum atomic E-state index is 12.4. The van der Waals surface area contributed by atoms with Crippen LogP contribution in [0.15, 0.2) is 47.4 Å². The largest absolute Gasteiger partial charge is 0.323 e. The molecule has 8 nitrogen and oxygen atoms in total. The van der Waals surface area contributed by atoms with Gasteiger partial charge in [-0.2, -0.15) is 0 Å². The summed E-state index contributed by atoms with van der Waals surface area (Å²) in [4.78, 5) is 9.75. The quantitative estimate of drug-likeness (QED) is 0.434. The Morgan fingerprint density at radius 1 is 1.14 bits per heavy atom. The standard InChI is InChI=1S/C12H11ClN4O4S/c13-9-3-1-2-4-10(9)16-22(20,21)12-7-8(17(18)19)5-6-11(12)15-14/h1-7,15-16H,14H2. The summed E-state index contributed by atoms with van der Waals surface area (Å²) < 4.78 is 27.1. The lowest BCUT2D eigenvalue weighted by molar-refractivity contribution is -0.385. The molecule has 10 heteroatoms. The third-order valence-corrected chi connectivity index (χ3v) is 4.47. The number of hydrogen-bond acceptors (Lipinski definition) is 6. The van der Waals surface area contributed by atoms with Gasteiger partial charge in [0.2, 0.25) is 0 Å². The summed E-state index contributed by atoms with van der Waals surface area (Å²) in [6.45, 7) is 0. The van der Waals surface area contributed by atoms with Crippen LogP contribution in [0.5, 0.6) is 0 Å². The number of nitrogens with zero attached hydrogens (tertiary/aromatic N) is 1. The molecule has 0 aliphatic carbocycles. The molecule has 0 bridgehead atoms. The average molecular weight is 343 g/mol. The number of nitrogens with one attached hydrogen (secondary N) is 2. The first-order valence-corrected chi connectivity index (χ1v) is 7.73. The van der Waals surface area contributed by atoms with Crippen LogP contribution in [0.3, 0.4) is 0 Å². The smallest absolute Gasteiger partial charge is 0.270 e. The van der Waals surface area contributed by atoms with E-state index in [2.05, 4.69) is 10.1 Å². The maximum absolute atomic E-state index is 12.4. The number of anilines is 2. The molecule has 22 heavy (non-hydrogen) atoms. The van der Waals surface area contributed by atoms with Crippen molar-refractivity contribution in [2.75, 3.05) is 10.1 Å². The van der Waals surface area contributed by atoms with Gasteiger partial charge >= 0.3 is 0 Å². The minimum absolute atomic E-state index is 0.0187. The monoisotopic (exact) mass is 342 g/mol. The minimum atomic E-state index is -4.12. The number of rotatable bonds is 5. The second kappa shape index (κ2) is 6.18. The lowest BCUT2D eigenvalue weighted by Gasteiger charge is -2.12. The highest BCUT2D eigenvalue weighted by atomic mass is 35.5. The van der Waals surface area contributed by atoms with Crippen LogP contribution >= 0.6 is 11.6 Å². The number of nitrogens with two attached hydrogens (primary N) is 1. The SMILES string of the molecule is NNc1ccc([N+](=O)[O-])cc1S(=O)(=O)Nc1ccccc1Cl. The van der Waals surface area contributed by atoms with E-state index in [1.165, 1.54) is 18.2 Å². The number of sulfonamides is 1. The van der Waals surface area contributed by atoms with Crippen molar-refractivity contribution in [3.63, 3.8) is 0 Å². The number of hydrazine groups is 1. The van der Waals surface area contributed by atoms with E-state index in [1.807, 2.05) is 0 Å². The van der Waals surface area contributed by atoms with Gasteiger partial charge in [-0.25, -0.2) is 8.42 Å². The fourth-order valence-electron chi connectivity index (χ4n) is 1.71. The minimum Gasteiger partial charge on any atom is -0.323 e. The lowest BCUT2D eigenvalue weighted by atomic mass is 10.3. The summed E-state index contributed by atoms with van der Waals surface area (Å²) in [6.07, 6.45) is 0. The zero-order chi connectivity index (χ0) is 16.3. The van der Waals surface area contributed by atoms with Gasteiger partial charge in [-0.1, -0.05) is 23.7 Å². The molecule has 0 fully saturated rings. The molecular formula is C12H11ClN4O4S. The van der Waals surface area contributed by atoms with E-state index in [4.69, 9.17) is 17.4 Å². The highest BCUT2D eigenvalue weighted by molar-refractivity contribution is 7.93. The molecule has 0 aromatic heterocycles. The van der Waals surface area contributed by atoms with Gasteiger partial charge in [0.25, 0.3) is 15.7 Å². The van der Waals surface area contributed by atoms with Crippen molar-refractivity contribution in [2.24, 2.45) is 5.84 Å². The third-order valence-electron chi connectivity index (χ3n) is 2.74. The van der Waals surface area contributed by atoms with E-state index < -0.39 is 14.9 Å². The number of para-hydroxylation sites is 1. The van der Waals surface area contributed by atoms with E-state index in [1.54, 1.807) is 12.1 Å². The van der Waals surface area contributed by atoms with E-state index in [-0.39, 0.29) is 27.0 Å². The molecule has 2 rings (SSSR count). The zero-order valence-corrected chi connectivity index (χ0v) is 12.6. The van der Waals surface area contributed by atoms with Crippen LogP contribution in [0.1, 0.15) is 0 Å². The van der Waals surface area contributed by atoms with Gasteiger partial charge in [-0.05, 0) is 18.2 Å². The van der Waals surface area contributed by atoms with Crippen molar-refractivity contribution in [3.8, 4) is 0 Å². The summed E-state index contributed by atoms with van der Waals surface area (Å²) in [5.41, 5.74) is 1.99. The zero-order valence-electron chi connectivity index (χ0n) is 11.0. The van der Waals surface area contributed by atoms with E-state index >= 15 is 0 Å². The molecule has 0 heterocycles. The Bertz CT molecular complexity index is 826. The molecule has 0 amide bonds. The van der Waals surface area contributed by atoms with Crippen LogP contribution < -0.4 is 16.0 Å². The molecule has 116 valence electrons. The molecule has 0 atom stereocenters. The first-order chi connectivity index (χ1) is 10.3. The van der Waals surface area contributed by atoms with Gasteiger partial charge in [0.15, 0.2) is 0 Å². The van der Waals surface area contributed by atoms with Gasteiger partial charge < -0.3 is 5.43 Å². The number of non-ortho nitro benzene ring substituents is 1. The Morgan fingerprint density at radius 3 is 2.41 bits per heavy atom. The molecule has 0 aliphatic heterocycles. The van der Waals surface area contributed by atoms with Crippen molar-refractivity contribution in [3.05, 3.63) is 57.6 Å². The van der Waals surface area contributed by atoms with Crippen molar-refractivity contribution in [2.45, 2.75) is 4.90 Å². The Labute approximate surface area is 131 Å². The van der Waals surface area contributed by atoms with Crippen LogP contribution in [-0.2, 0) is 10.0 Å². The molecule has 4 N–H and O–H groups in total. The highest BCUT2D eigenvalue weighted by Crippen LogP contribution is 2.29. The van der Waals surface area contributed by atoms with E-state index in [0.29, 0.717) is 0 Å². The Hall–Kier alpha value is -2.36. The Morgan fingerprint density at radius 2 is 1.82 bits per heavy atom. The molecule has 0 spiro atoms. The molecule has 0 aliphatic rings. The van der Waals surface area contributed by atoms with Crippen LogP contribution in [0, 0.1) is 10.1 Å². The molecule has 0 unspecified atom stereocenters. The van der Waals surface area contributed by atoms with Gasteiger partial charge in [0.05, 0.1) is 21.3 Å². The predicted octanol–water partition coefficient (Wildman–Crippen LogP) is 2.33. The summed E-state index contributed by atoms with van der Waals surface area (Å²) in [5.74, 6) is 5.26. The summed E-state index contributed by atoms with van der Waals surface area (Å²) in [6, 6.07) is 9.47. The number of nitro groups is 1. The van der Waals surface area contributed by atoms with Crippen molar-refractivity contribution in [1.29, 1.82) is 0 Å². The fraction of sp³-hybridized carbons (Fsp3) is 0. The molecule has 2 aromatic carbocycles. The van der Waals surface area contributed by atoms with Crippen LogP contribution in [0.4, 0.5) is 17.1 Å². The predicted molar refractivity (Wildman–Crippen MR) is 83.2 cm³/mol. The molecule has 0 saturated heterocycles. The maximum Gasteiger partial charge on any atom is 0.270 e. The van der Waals surface area contributed by atoms with Gasteiger partial charge in [-0.15, -0.1) is 0 Å². The fourth-order valence-corrected chi connectivity index (χ4v) is 3.22. The molecule has 0 saturated carbocycles. The van der Waals surface area contributed by atoms with Gasteiger partial charge in [0.1, 0.15) is 4.90 Å². The number of benzene rings is 2. The van der Waals surface area contributed by atoms with Gasteiger partial charge in [-0.3, -0.25) is 20.7 Å². The molecule has 0 radical (unpaired) electrons. The van der Waals surface area contributed by atoms with E-state index in [0.717, 1.165) is 12.1 Å². The number of nitro benzene ring substituents is 1. The number of hydrogen-bond donors (Lipinski definition) is 3. The van der Waals surface area contributed by atoms with Crippen LogP contribution in [0.2, 0.25) is 5.02 Å². The number of halogens is 1. The Kier molecular flexibility index (Phi) is 4.50. The van der Waals surface area contributed by atoms with Gasteiger partial charge in [0, 0.05) is 12.1 Å². The van der Waals surface area contributed by atoms with Crippen molar-refractivity contribution >= 4 is 38.7 Å².